The fourth-order valence-electron chi connectivity index (χ4n) is 15.1. The zero-order chi connectivity index (χ0) is 54.1. The molecule has 4 aliphatic carbocycles. The number of rotatable bonds is 14. The van der Waals surface area contributed by atoms with Gasteiger partial charge < -0.3 is 33.7 Å². The number of cyclic esters (lactones) is 1. The maximum Gasteiger partial charge on any atom is 0.415 e. The monoisotopic (exact) mass is 1050 g/mol. The van der Waals surface area contributed by atoms with Crippen molar-refractivity contribution in [3.8, 4) is 17.1 Å². The minimum absolute atomic E-state index is 0.0582. The van der Waals surface area contributed by atoms with Crippen molar-refractivity contribution in [3.05, 3.63) is 109 Å². The van der Waals surface area contributed by atoms with E-state index in [-0.39, 0.29) is 65.1 Å². The van der Waals surface area contributed by atoms with Crippen LogP contribution in [0.25, 0.3) is 22.3 Å². The summed E-state index contributed by atoms with van der Waals surface area (Å²) >= 11 is 0. The van der Waals surface area contributed by atoms with Gasteiger partial charge in [-0.3, -0.25) is 24.1 Å². The first-order chi connectivity index (χ1) is 37.0. The van der Waals surface area contributed by atoms with Crippen LogP contribution in [-0.2, 0) is 53.8 Å². The number of benzene rings is 2. The lowest BCUT2D eigenvalue weighted by atomic mass is 9.50. The molecule has 406 valence electrons. The van der Waals surface area contributed by atoms with Crippen molar-refractivity contribution in [2.75, 3.05) is 51.2 Å². The Morgan fingerprint density at radius 2 is 1.68 bits per heavy atom. The molecule has 1 N–H and O–H groups in total. The van der Waals surface area contributed by atoms with E-state index in [0.29, 0.717) is 61.6 Å². The number of nitrogens with zero attached hydrogens (tertiary/aromatic N) is 5. The molecule has 1 unspecified atom stereocenters. The number of pyridine rings is 2. The van der Waals surface area contributed by atoms with E-state index in [1.807, 2.05) is 25.1 Å². The van der Waals surface area contributed by atoms with Crippen LogP contribution in [0.3, 0.4) is 0 Å². The number of aryl methyl sites for hydroxylation is 1. The number of ether oxygens (including phenoxy) is 3. The number of ketones is 2. The van der Waals surface area contributed by atoms with Gasteiger partial charge in [0.1, 0.15) is 12.4 Å². The second kappa shape index (κ2) is 20.4. The molecule has 1 amide bonds. The Hall–Kier alpha value is -6.45. The molecule has 0 spiro atoms. The van der Waals surface area contributed by atoms with Gasteiger partial charge in [-0.15, -0.1) is 0 Å². The molecule has 77 heavy (non-hydrogen) atoms. The Bertz CT molecular complexity index is 3220. The number of hydrogen-bond donors (Lipinski definition) is 1. The quantitative estimate of drug-likeness (QED) is 0.0823. The summed E-state index contributed by atoms with van der Waals surface area (Å²) in [6.45, 7) is 13.7. The van der Waals surface area contributed by atoms with Crippen molar-refractivity contribution in [1.82, 2.24) is 19.4 Å². The lowest BCUT2D eigenvalue weighted by molar-refractivity contribution is -0.182. The van der Waals surface area contributed by atoms with Crippen molar-refractivity contribution in [2.24, 2.45) is 17.3 Å². The molecule has 7 aliphatic rings. The summed E-state index contributed by atoms with van der Waals surface area (Å²) in [5, 5.41) is 12.1. The van der Waals surface area contributed by atoms with Crippen LogP contribution in [0.1, 0.15) is 145 Å². The summed E-state index contributed by atoms with van der Waals surface area (Å²) in [6, 6.07) is 16.1. The minimum atomic E-state index is -1.90. The van der Waals surface area contributed by atoms with Gasteiger partial charge in [-0.2, -0.15) is 0 Å². The normalized spacial score (nSPS) is 26.5. The van der Waals surface area contributed by atoms with Gasteiger partial charge in [0.25, 0.3) is 5.56 Å². The fraction of sp³-hybridized carbons (Fsp3) is 0.532. The average molecular weight is 1050 g/mol. The topological polar surface area (TPSA) is 178 Å². The number of Topliss-reactive ketones (excluding diaryl/α,β-unsaturated/α-hetero) is 1. The third-order valence-corrected chi connectivity index (χ3v) is 19.2. The van der Waals surface area contributed by atoms with Crippen LogP contribution in [0.15, 0.2) is 76.1 Å². The number of aromatic nitrogens is 2. The van der Waals surface area contributed by atoms with Gasteiger partial charge in [-0.1, -0.05) is 51.3 Å². The van der Waals surface area contributed by atoms with Gasteiger partial charge in [0.15, 0.2) is 22.8 Å². The zero-order valence-electron chi connectivity index (χ0n) is 45.6. The van der Waals surface area contributed by atoms with Crippen LogP contribution in [-0.4, -0.2) is 106 Å². The highest BCUT2D eigenvalue weighted by atomic mass is 16.6. The van der Waals surface area contributed by atoms with Crippen molar-refractivity contribution < 1.29 is 43.3 Å². The van der Waals surface area contributed by atoms with Gasteiger partial charge in [-0.05, 0) is 154 Å². The minimum Gasteiger partial charge on any atom is -0.458 e. The first-order valence-corrected chi connectivity index (χ1v) is 28.3. The Morgan fingerprint density at radius 3 is 2.40 bits per heavy atom. The lowest BCUT2D eigenvalue weighted by Crippen LogP contribution is -2.57. The van der Waals surface area contributed by atoms with E-state index < -0.39 is 28.6 Å². The number of carbonyl (C=O) groups excluding carboxylic acids is 5. The number of allylic oxidation sites excluding steroid dienone is 4. The molecule has 11 rings (SSSR count). The Kier molecular flexibility index (Phi) is 13.9. The predicted molar refractivity (Wildman–Crippen MR) is 292 cm³/mol. The molecule has 15 nitrogen and oxygen atoms in total. The molecule has 0 radical (unpaired) electrons. The zero-order valence-corrected chi connectivity index (χ0v) is 45.6. The Morgan fingerprint density at radius 1 is 0.909 bits per heavy atom. The molecule has 5 heterocycles. The van der Waals surface area contributed by atoms with E-state index in [0.717, 1.165) is 106 Å². The summed E-state index contributed by atoms with van der Waals surface area (Å²) in [7, 11) is 2.15. The molecule has 0 bridgehead atoms. The van der Waals surface area contributed by atoms with E-state index in [1.54, 1.807) is 35.4 Å². The van der Waals surface area contributed by atoms with Crippen LogP contribution in [0.4, 0.5) is 10.5 Å². The molecule has 4 aromatic rings. The summed E-state index contributed by atoms with van der Waals surface area (Å²) in [6.07, 6.45) is 11.9. The van der Waals surface area contributed by atoms with Crippen molar-refractivity contribution >= 4 is 46.2 Å². The number of anilines is 1. The first-order valence-electron chi connectivity index (χ1n) is 28.3. The average Bonchev–Trinajstić information content (AvgIpc) is 3.97. The number of piperazine rings is 1. The smallest absolute Gasteiger partial charge is 0.415 e. The predicted octanol–water partition coefficient (Wildman–Crippen LogP) is 9.25. The summed E-state index contributed by atoms with van der Waals surface area (Å²) in [4.78, 5) is 90.2. The molecule has 3 fully saturated rings. The van der Waals surface area contributed by atoms with E-state index in [1.165, 1.54) is 29.2 Å². The van der Waals surface area contributed by atoms with Crippen molar-refractivity contribution in [2.45, 2.75) is 148 Å². The van der Waals surface area contributed by atoms with Gasteiger partial charge in [0.2, 0.25) is 0 Å². The van der Waals surface area contributed by atoms with Gasteiger partial charge in [0, 0.05) is 86.6 Å². The number of aliphatic hydroxyl groups is 1. The van der Waals surface area contributed by atoms with Gasteiger partial charge in [0.05, 0.1) is 29.0 Å². The second-order valence-electron chi connectivity index (χ2n) is 23.2. The van der Waals surface area contributed by atoms with Crippen molar-refractivity contribution in [3.63, 3.8) is 0 Å². The molecular weight excluding hydrogens is 975 g/mol. The standard InChI is InChI=1S/C62H73N5O10/c1-7-44-47-32-43(19-22-53(47)63-56-49(44)35-67-54(56)33-52-50(57(67)71)36-75-58(72)61(52,74)8-2)76-59(73)66-29-27-65(28-30-66)26-12-10-9-11-25-64(6)41-16-13-39(14-17-41)48-34-60(5)51(23-24-62(60,37(3)68)77-38(4)69)46-20-15-40-31-42(70)18-21-45(40)55(46)48/h13-14,16-17,19,22,31-33,46,48,51,74H,7-12,15,18,20-21,23-30,34-36H2,1-6H3/t46-,48+,51-,60-,61?,62-/m0/s1. The molecule has 2 aromatic carbocycles. The van der Waals surface area contributed by atoms with E-state index in [4.69, 9.17) is 19.2 Å². The van der Waals surface area contributed by atoms with Gasteiger partial charge >= 0.3 is 18.0 Å². The van der Waals surface area contributed by atoms with Gasteiger partial charge in [-0.25, -0.2) is 14.6 Å². The van der Waals surface area contributed by atoms with Crippen LogP contribution >= 0.6 is 0 Å². The number of carbonyl (C=O) groups is 5. The molecule has 2 aromatic heterocycles. The second-order valence-corrected chi connectivity index (χ2v) is 23.2. The fourth-order valence-corrected chi connectivity index (χ4v) is 15.1. The Balaban J connectivity index is 0.663. The van der Waals surface area contributed by atoms with Crippen LogP contribution in [0.5, 0.6) is 5.75 Å². The molecule has 2 saturated carbocycles. The van der Waals surface area contributed by atoms with Crippen LogP contribution in [0.2, 0.25) is 0 Å². The number of fused-ring (bicyclic) bond motifs is 9. The summed E-state index contributed by atoms with van der Waals surface area (Å²) in [5.74, 6) is -0.0134. The molecule has 6 atom stereocenters. The Labute approximate surface area is 450 Å². The number of amides is 1. The highest BCUT2D eigenvalue weighted by Crippen LogP contribution is 2.68. The molecule has 15 heteroatoms. The lowest BCUT2D eigenvalue weighted by Gasteiger charge is -2.55. The third kappa shape index (κ3) is 8.93. The van der Waals surface area contributed by atoms with Crippen molar-refractivity contribution in [1.29, 1.82) is 0 Å². The summed E-state index contributed by atoms with van der Waals surface area (Å²) < 4.78 is 19.0. The molecular formula is C62H73N5O10. The third-order valence-electron chi connectivity index (χ3n) is 19.2. The molecule has 3 aliphatic heterocycles. The number of unbranched alkanes of at least 4 members (excludes halogenated alkanes) is 3. The van der Waals surface area contributed by atoms with E-state index >= 15 is 0 Å². The summed E-state index contributed by atoms with van der Waals surface area (Å²) in [5.41, 5.74) is 6.90. The number of hydrogen-bond acceptors (Lipinski definition) is 13. The van der Waals surface area contributed by atoms with E-state index in [9.17, 15) is 33.9 Å². The van der Waals surface area contributed by atoms with Crippen LogP contribution < -0.4 is 15.2 Å². The highest BCUT2D eigenvalue weighted by molar-refractivity contribution is 5.94. The van der Waals surface area contributed by atoms with Crippen LogP contribution in [0, 0.1) is 17.3 Å². The highest BCUT2D eigenvalue weighted by Gasteiger charge is 2.67. The SMILES string of the molecule is CCc1c2c(nc3ccc(OC(=O)N4CCN(CCCCCCN(C)c5ccc([C@H]6C[C@@]7(C)[C@@H](CC[C@]7(OC(C)=O)C(C)=O)[C@@H]7CCC8=CC(=O)CCC8=C76)cc5)CC4)cc13)-c1cc3c(c(=O)n1C2)COC(=O)C3(O)CC. The number of esters is 2. The molecule has 1 saturated heterocycles. The maximum atomic E-state index is 13.8. The first kappa shape index (κ1) is 52.6. The maximum absolute atomic E-state index is 13.8. The van der Waals surface area contributed by atoms with E-state index in [2.05, 4.69) is 48.0 Å². The largest absolute Gasteiger partial charge is 0.458 e.